The molecule has 0 aliphatic heterocycles. The van der Waals surface area contributed by atoms with Gasteiger partial charge in [-0.3, -0.25) is 4.79 Å². The third kappa shape index (κ3) is 4.29. The number of carbonyl (C=O) groups is 1. The van der Waals surface area contributed by atoms with E-state index in [1.54, 1.807) is 24.3 Å². The Morgan fingerprint density at radius 3 is 2.41 bits per heavy atom. The molecular formula is C16H14Cl3NO2. The summed E-state index contributed by atoms with van der Waals surface area (Å²) in [7, 11) is 0. The number of anilines is 1. The summed E-state index contributed by atoms with van der Waals surface area (Å²) in [6.45, 7) is 3.67. The van der Waals surface area contributed by atoms with Crippen LogP contribution in [0.15, 0.2) is 30.3 Å². The van der Waals surface area contributed by atoms with Gasteiger partial charge in [-0.25, -0.2) is 0 Å². The molecule has 0 unspecified atom stereocenters. The van der Waals surface area contributed by atoms with Crippen LogP contribution >= 0.6 is 34.8 Å². The van der Waals surface area contributed by atoms with Gasteiger partial charge in [0.15, 0.2) is 6.61 Å². The minimum Gasteiger partial charge on any atom is -0.484 e. The Balaban J connectivity index is 2.00. The number of carbonyl (C=O) groups excluding carboxylic acids is 1. The van der Waals surface area contributed by atoms with Gasteiger partial charge >= 0.3 is 0 Å². The second-order valence-electron chi connectivity index (χ2n) is 4.85. The SMILES string of the molecule is Cc1cc(C)c(NC(=O)COc2ccc(Cl)c(Cl)c2)c(Cl)c1. The normalized spacial score (nSPS) is 10.4. The van der Waals surface area contributed by atoms with E-state index in [4.69, 9.17) is 39.5 Å². The van der Waals surface area contributed by atoms with E-state index in [0.29, 0.717) is 26.5 Å². The molecule has 0 aliphatic rings. The number of halogens is 3. The molecule has 0 heterocycles. The largest absolute Gasteiger partial charge is 0.484 e. The van der Waals surface area contributed by atoms with Gasteiger partial charge in [-0.15, -0.1) is 0 Å². The standard InChI is InChI=1S/C16H14Cl3NO2/c1-9-5-10(2)16(14(19)6-9)20-15(21)8-22-11-3-4-12(17)13(18)7-11/h3-7H,8H2,1-2H3,(H,20,21). The Bertz CT molecular complexity index is 694. The Morgan fingerprint density at radius 1 is 1.05 bits per heavy atom. The van der Waals surface area contributed by atoms with E-state index in [1.807, 2.05) is 19.9 Å². The second kappa shape index (κ2) is 7.23. The summed E-state index contributed by atoms with van der Waals surface area (Å²) in [5.74, 6) is 0.163. The number of benzene rings is 2. The first-order valence-electron chi connectivity index (χ1n) is 6.51. The monoisotopic (exact) mass is 357 g/mol. The van der Waals surface area contributed by atoms with E-state index in [0.717, 1.165) is 11.1 Å². The molecule has 22 heavy (non-hydrogen) atoms. The van der Waals surface area contributed by atoms with Crippen LogP contribution in [-0.4, -0.2) is 12.5 Å². The van der Waals surface area contributed by atoms with Crippen molar-refractivity contribution < 1.29 is 9.53 Å². The van der Waals surface area contributed by atoms with Crippen LogP contribution < -0.4 is 10.1 Å². The zero-order chi connectivity index (χ0) is 16.3. The van der Waals surface area contributed by atoms with Crippen molar-refractivity contribution in [3.05, 3.63) is 56.5 Å². The van der Waals surface area contributed by atoms with Gasteiger partial charge in [0.05, 0.1) is 20.8 Å². The van der Waals surface area contributed by atoms with Crippen LogP contribution in [0.25, 0.3) is 0 Å². The Labute approximate surface area is 144 Å². The number of aryl methyl sites for hydroxylation is 2. The summed E-state index contributed by atoms with van der Waals surface area (Å²) >= 11 is 17.8. The second-order valence-corrected chi connectivity index (χ2v) is 6.07. The maximum Gasteiger partial charge on any atom is 0.262 e. The first kappa shape index (κ1) is 16.9. The van der Waals surface area contributed by atoms with E-state index in [9.17, 15) is 4.79 Å². The lowest BCUT2D eigenvalue weighted by Crippen LogP contribution is -2.21. The third-order valence-electron chi connectivity index (χ3n) is 2.96. The van der Waals surface area contributed by atoms with E-state index in [2.05, 4.69) is 5.32 Å². The summed E-state index contributed by atoms with van der Waals surface area (Å²) < 4.78 is 5.38. The van der Waals surface area contributed by atoms with Crippen molar-refractivity contribution in [2.75, 3.05) is 11.9 Å². The fraction of sp³-hybridized carbons (Fsp3) is 0.188. The Morgan fingerprint density at radius 2 is 1.77 bits per heavy atom. The van der Waals surface area contributed by atoms with Gasteiger partial charge in [-0.1, -0.05) is 40.9 Å². The highest BCUT2D eigenvalue weighted by atomic mass is 35.5. The lowest BCUT2D eigenvalue weighted by atomic mass is 10.1. The fourth-order valence-electron chi connectivity index (χ4n) is 1.97. The van der Waals surface area contributed by atoms with Gasteiger partial charge < -0.3 is 10.1 Å². The number of nitrogens with one attached hydrogen (secondary N) is 1. The lowest BCUT2D eigenvalue weighted by molar-refractivity contribution is -0.118. The van der Waals surface area contributed by atoms with Crippen LogP contribution in [0.2, 0.25) is 15.1 Å². The van der Waals surface area contributed by atoms with E-state index in [-0.39, 0.29) is 12.5 Å². The predicted octanol–water partition coefficient (Wildman–Crippen LogP) is 5.28. The maximum absolute atomic E-state index is 12.0. The topological polar surface area (TPSA) is 38.3 Å². The van der Waals surface area contributed by atoms with Crippen molar-refractivity contribution in [2.24, 2.45) is 0 Å². The summed E-state index contributed by atoms with van der Waals surface area (Å²) in [6.07, 6.45) is 0. The number of amides is 1. The Hall–Kier alpha value is -1.42. The minimum absolute atomic E-state index is 0.151. The van der Waals surface area contributed by atoms with Gasteiger partial charge in [0.2, 0.25) is 0 Å². The number of ether oxygens (including phenoxy) is 1. The van der Waals surface area contributed by atoms with Crippen LogP contribution in [0.3, 0.4) is 0 Å². The summed E-state index contributed by atoms with van der Waals surface area (Å²) in [5.41, 5.74) is 2.52. The van der Waals surface area contributed by atoms with Gasteiger partial charge in [-0.2, -0.15) is 0 Å². The van der Waals surface area contributed by atoms with Crippen molar-refractivity contribution in [2.45, 2.75) is 13.8 Å². The molecule has 2 rings (SSSR count). The van der Waals surface area contributed by atoms with E-state index >= 15 is 0 Å². The zero-order valence-electron chi connectivity index (χ0n) is 12.0. The summed E-state index contributed by atoms with van der Waals surface area (Å²) in [5, 5.41) is 4.05. The molecule has 0 radical (unpaired) electrons. The highest BCUT2D eigenvalue weighted by Crippen LogP contribution is 2.28. The van der Waals surface area contributed by atoms with Gasteiger partial charge in [0.1, 0.15) is 5.75 Å². The molecule has 0 bridgehead atoms. The third-order valence-corrected chi connectivity index (χ3v) is 3.99. The molecule has 1 amide bonds. The molecule has 0 fully saturated rings. The van der Waals surface area contributed by atoms with Crippen molar-refractivity contribution >= 4 is 46.4 Å². The van der Waals surface area contributed by atoms with Crippen LogP contribution in [0.1, 0.15) is 11.1 Å². The smallest absolute Gasteiger partial charge is 0.262 e. The average Bonchev–Trinajstić information content (AvgIpc) is 2.44. The molecular weight excluding hydrogens is 345 g/mol. The highest BCUT2D eigenvalue weighted by molar-refractivity contribution is 6.42. The van der Waals surface area contributed by atoms with E-state index in [1.165, 1.54) is 0 Å². The molecule has 2 aromatic rings. The first-order valence-corrected chi connectivity index (χ1v) is 7.64. The Kier molecular flexibility index (Phi) is 5.57. The van der Waals surface area contributed by atoms with Crippen molar-refractivity contribution in [1.29, 1.82) is 0 Å². The van der Waals surface area contributed by atoms with Crippen LogP contribution in [0.4, 0.5) is 5.69 Å². The van der Waals surface area contributed by atoms with Gasteiger partial charge in [0.25, 0.3) is 5.91 Å². The lowest BCUT2D eigenvalue weighted by Gasteiger charge is -2.12. The summed E-state index contributed by atoms with van der Waals surface area (Å²) in [4.78, 5) is 12.0. The van der Waals surface area contributed by atoms with Crippen LogP contribution in [-0.2, 0) is 4.79 Å². The quantitative estimate of drug-likeness (QED) is 0.807. The van der Waals surface area contributed by atoms with Crippen LogP contribution in [0.5, 0.6) is 5.75 Å². The van der Waals surface area contributed by atoms with Crippen molar-refractivity contribution in [1.82, 2.24) is 0 Å². The molecule has 0 saturated heterocycles. The molecule has 0 aromatic heterocycles. The fourth-order valence-corrected chi connectivity index (χ4v) is 2.62. The maximum atomic E-state index is 12.0. The molecule has 0 spiro atoms. The first-order chi connectivity index (χ1) is 10.4. The molecule has 0 aliphatic carbocycles. The molecule has 2 aromatic carbocycles. The molecule has 1 N–H and O–H groups in total. The zero-order valence-corrected chi connectivity index (χ0v) is 14.3. The van der Waals surface area contributed by atoms with Crippen molar-refractivity contribution in [3.8, 4) is 5.75 Å². The molecule has 6 heteroatoms. The highest BCUT2D eigenvalue weighted by Gasteiger charge is 2.10. The van der Waals surface area contributed by atoms with Crippen molar-refractivity contribution in [3.63, 3.8) is 0 Å². The van der Waals surface area contributed by atoms with E-state index < -0.39 is 0 Å². The predicted molar refractivity (Wildman–Crippen MR) is 91.5 cm³/mol. The van der Waals surface area contributed by atoms with Gasteiger partial charge in [-0.05, 0) is 43.2 Å². The minimum atomic E-state index is -0.306. The molecule has 0 saturated carbocycles. The molecule has 0 atom stereocenters. The molecule has 116 valence electrons. The average molecular weight is 359 g/mol. The number of hydrogen-bond donors (Lipinski definition) is 1. The summed E-state index contributed by atoms with van der Waals surface area (Å²) in [6, 6.07) is 8.55. The molecule has 3 nitrogen and oxygen atoms in total. The number of hydrogen-bond acceptors (Lipinski definition) is 2. The number of rotatable bonds is 4. The van der Waals surface area contributed by atoms with Gasteiger partial charge in [0, 0.05) is 6.07 Å². The van der Waals surface area contributed by atoms with Crippen LogP contribution in [0, 0.1) is 13.8 Å².